The fourth-order valence-corrected chi connectivity index (χ4v) is 5.18. The maximum absolute atomic E-state index is 12.7. The van der Waals surface area contributed by atoms with Gasteiger partial charge in [-0.1, -0.05) is 48.0 Å². The quantitative estimate of drug-likeness (QED) is 0.944. The molecular weight excluding hydrogens is 284 g/mol. The summed E-state index contributed by atoms with van der Waals surface area (Å²) < 4.78 is 25.5. The third kappa shape index (κ3) is 2.49. The largest absolute Gasteiger partial charge is 0.396 e. The zero-order chi connectivity index (χ0) is 15.0. The van der Waals surface area contributed by atoms with Crippen molar-refractivity contribution in [3.63, 3.8) is 0 Å². The van der Waals surface area contributed by atoms with Crippen LogP contribution in [0.15, 0.2) is 59.5 Å². The van der Waals surface area contributed by atoms with Gasteiger partial charge in [-0.05, 0) is 24.6 Å². The van der Waals surface area contributed by atoms with Gasteiger partial charge in [0.05, 0.1) is 10.1 Å². The summed E-state index contributed by atoms with van der Waals surface area (Å²) in [4.78, 5) is 0.343. The molecule has 1 aliphatic rings. The first-order valence-corrected chi connectivity index (χ1v) is 8.56. The minimum Gasteiger partial charge on any atom is -0.396 e. The van der Waals surface area contributed by atoms with Crippen molar-refractivity contribution < 1.29 is 13.5 Å². The fourth-order valence-electron chi connectivity index (χ4n) is 2.98. The lowest BCUT2D eigenvalue weighted by Crippen LogP contribution is -2.11. The maximum atomic E-state index is 12.7. The number of hydrogen-bond donors (Lipinski definition) is 1. The monoisotopic (exact) mass is 302 g/mol. The van der Waals surface area contributed by atoms with Crippen LogP contribution in [0.25, 0.3) is 0 Å². The van der Waals surface area contributed by atoms with Gasteiger partial charge in [0.2, 0.25) is 0 Å². The van der Waals surface area contributed by atoms with Crippen molar-refractivity contribution in [1.82, 2.24) is 0 Å². The summed E-state index contributed by atoms with van der Waals surface area (Å²) in [7, 11) is -3.40. The van der Waals surface area contributed by atoms with E-state index in [0.717, 1.165) is 11.1 Å². The molecule has 0 aromatic heterocycles. The molecule has 1 N–H and O–H groups in total. The Labute approximate surface area is 125 Å². The molecule has 0 unspecified atom stereocenters. The topological polar surface area (TPSA) is 54.4 Å². The predicted molar refractivity (Wildman–Crippen MR) is 81.9 cm³/mol. The number of benzene rings is 2. The molecule has 1 aliphatic carbocycles. The minimum absolute atomic E-state index is 0.102. The highest BCUT2D eigenvalue weighted by Crippen LogP contribution is 2.53. The highest BCUT2D eigenvalue weighted by atomic mass is 32.2. The van der Waals surface area contributed by atoms with E-state index in [1.807, 2.05) is 37.3 Å². The summed E-state index contributed by atoms with van der Waals surface area (Å²) in [6, 6.07) is 16.5. The first kappa shape index (κ1) is 14.3. The SMILES string of the molecule is Cc1ccc(S(=O)(=O)[C@@H]2[C@H](CO)[C@H]2c2ccccc2)cc1. The van der Waals surface area contributed by atoms with Crippen molar-refractivity contribution in [3.05, 3.63) is 65.7 Å². The molecule has 0 amide bonds. The van der Waals surface area contributed by atoms with Crippen LogP contribution >= 0.6 is 0 Å². The van der Waals surface area contributed by atoms with Crippen LogP contribution in [0.5, 0.6) is 0 Å². The molecule has 0 bridgehead atoms. The van der Waals surface area contributed by atoms with Crippen molar-refractivity contribution in [1.29, 1.82) is 0 Å². The molecule has 0 saturated heterocycles. The standard InChI is InChI=1S/C17H18O3S/c1-12-7-9-14(10-8-12)21(19,20)17-15(11-18)16(17)13-5-3-2-4-6-13/h2-10,15-18H,11H2,1H3/t15-,16-,17-/m1/s1. The predicted octanol–water partition coefficient (Wildman–Crippen LogP) is 2.54. The molecule has 1 fully saturated rings. The van der Waals surface area contributed by atoms with Gasteiger partial charge in [-0.15, -0.1) is 0 Å². The van der Waals surface area contributed by atoms with Crippen LogP contribution in [0, 0.1) is 12.8 Å². The van der Waals surface area contributed by atoms with Crippen LogP contribution in [0.1, 0.15) is 17.0 Å². The van der Waals surface area contributed by atoms with Crippen molar-refractivity contribution in [2.45, 2.75) is 23.0 Å². The minimum atomic E-state index is -3.40. The van der Waals surface area contributed by atoms with E-state index in [1.165, 1.54) is 0 Å². The van der Waals surface area contributed by atoms with Gasteiger partial charge < -0.3 is 5.11 Å². The van der Waals surface area contributed by atoms with Gasteiger partial charge in [-0.2, -0.15) is 0 Å². The second-order valence-electron chi connectivity index (χ2n) is 5.61. The smallest absolute Gasteiger partial charge is 0.182 e. The van der Waals surface area contributed by atoms with Gasteiger partial charge in [0.1, 0.15) is 0 Å². The van der Waals surface area contributed by atoms with Crippen LogP contribution in [0.2, 0.25) is 0 Å². The Morgan fingerprint density at radius 3 is 2.19 bits per heavy atom. The lowest BCUT2D eigenvalue weighted by Gasteiger charge is -2.05. The number of aliphatic hydroxyl groups is 1. The summed E-state index contributed by atoms with van der Waals surface area (Å²) in [5.74, 6) is -0.318. The van der Waals surface area contributed by atoms with Crippen molar-refractivity contribution in [2.24, 2.45) is 5.92 Å². The van der Waals surface area contributed by atoms with E-state index in [4.69, 9.17) is 0 Å². The molecule has 0 aliphatic heterocycles. The van der Waals surface area contributed by atoms with Gasteiger partial charge in [-0.25, -0.2) is 8.42 Å². The van der Waals surface area contributed by atoms with E-state index in [0.29, 0.717) is 4.90 Å². The summed E-state index contributed by atoms with van der Waals surface area (Å²) in [5.41, 5.74) is 2.01. The summed E-state index contributed by atoms with van der Waals surface area (Å²) in [5, 5.41) is 8.98. The molecule has 0 spiro atoms. The normalized spacial score (nSPS) is 24.8. The maximum Gasteiger partial charge on any atom is 0.182 e. The van der Waals surface area contributed by atoms with Crippen molar-refractivity contribution in [3.8, 4) is 0 Å². The number of sulfone groups is 1. The molecule has 1 saturated carbocycles. The first-order chi connectivity index (χ1) is 10.1. The third-order valence-corrected chi connectivity index (χ3v) is 6.49. The zero-order valence-electron chi connectivity index (χ0n) is 11.8. The average molecular weight is 302 g/mol. The van der Waals surface area contributed by atoms with Gasteiger partial charge in [0.25, 0.3) is 0 Å². The number of aliphatic hydroxyl groups excluding tert-OH is 1. The molecule has 3 nitrogen and oxygen atoms in total. The average Bonchev–Trinajstić information content (AvgIpc) is 3.24. The molecule has 4 heteroatoms. The van der Waals surface area contributed by atoms with Gasteiger partial charge in [-0.3, -0.25) is 0 Å². The molecule has 0 radical (unpaired) electrons. The van der Waals surface area contributed by atoms with E-state index < -0.39 is 15.1 Å². The van der Waals surface area contributed by atoms with Gasteiger partial charge >= 0.3 is 0 Å². The fraction of sp³-hybridized carbons (Fsp3) is 0.294. The Morgan fingerprint density at radius 1 is 1.00 bits per heavy atom. The molecule has 21 heavy (non-hydrogen) atoms. The summed E-state index contributed by atoms with van der Waals surface area (Å²) >= 11 is 0. The van der Waals surface area contributed by atoms with Gasteiger partial charge in [0, 0.05) is 18.4 Å². The highest BCUT2D eigenvalue weighted by molar-refractivity contribution is 7.92. The summed E-state index contributed by atoms with van der Waals surface area (Å²) in [6.45, 7) is 1.83. The van der Waals surface area contributed by atoms with Crippen LogP contribution in [-0.4, -0.2) is 25.4 Å². The van der Waals surface area contributed by atoms with Crippen LogP contribution in [-0.2, 0) is 9.84 Å². The van der Waals surface area contributed by atoms with E-state index in [9.17, 15) is 13.5 Å². The number of aryl methyl sites for hydroxylation is 1. The molecule has 0 heterocycles. The van der Waals surface area contributed by atoms with Crippen LogP contribution in [0.3, 0.4) is 0 Å². The highest BCUT2D eigenvalue weighted by Gasteiger charge is 2.58. The van der Waals surface area contributed by atoms with Crippen molar-refractivity contribution >= 4 is 9.84 Å². The van der Waals surface area contributed by atoms with E-state index in [2.05, 4.69) is 0 Å². The van der Waals surface area contributed by atoms with Crippen molar-refractivity contribution in [2.75, 3.05) is 6.61 Å². The Balaban J connectivity index is 1.94. The molecule has 2 aromatic carbocycles. The first-order valence-electron chi connectivity index (χ1n) is 7.02. The van der Waals surface area contributed by atoms with E-state index >= 15 is 0 Å². The molecule has 3 rings (SSSR count). The van der Waals surface area contributed by atoms with E-state index in [1.54, 1.807) is 24.3 Å². The van der Waals surface area contributed by atoms with Gasteiger partial charge in [0.15, 0.2) is 9.84 Å². The molecular formula is C17H18O3S. The lowest BCUT2D eigenvalue weighted by atomic mass is 10.1. The van der Waals surface area contributed by atoms with Crippen LogP contribution < -0.4 is 0 Å². The lowest BCUT2D eigenvalue weighted by molar-refractivity contribution is 0.274. The molecule has 2 aromatic rings. The number of hydrogen-bond acceptors (Lipinski definition) is 3. The Kier molecular flexibility index (Phi) is 3.59. The second kappa shape index (κ2) is 5.28. The van der Waals surface area contributed by atoms with Crippen LogP contribution in [0.4, 0.5) is 0 Å². The molecule has 110 valence electrons. The third-order valence-electron chi connectivity index (χ3n) is 4.20. The molecule has 3 atom stereocenters. The zero-order valence-corrected chi connectivity index (χ0v) is 12.6. The number of rotatable bonds is 4. The Bertz CT molecular complexity index is 720. The summed E-state index contributed by atoms with van der Waals surface area (Å²) in [6.07, 6.45) is 0. The second-order valence-corrected chi connectivity index (χ2v) is 7.71. The van der Waals surface area contributed by atoms with E-state index in [-0.39, 0.29) is 18.4 Å². The Hall–Kier alpha value is -1.65. The Morgan fingerprint density at radius 2 is 1.62 bits per heavy atom.